The van der Waals surface area contributed by atoms with Crippen LogP contribution in [0.4, 0.5) is 0 Å². The van der Waals surface area contributed by atoms with Crippen LogP contribution in [0, 0.1) is 0 Å². The summed E-state index contributed by atoms with van der Waals surface area (Å²) in [5.41, 5.74) is 3.04. The maximum Gasteiger partial charge on any atom is 0.0704 e. The molecule has 1 saturated carbocycles. The number of hydrogen-bond donors (Lipinski definition) is 1. The van der Waals surface area contributed by atoms with Crippen LogP contribution in [-0.4, -0.2) is 6.04 Å². The lowest BCUT2D eigenvalue weighted by Crippen LogP contribution is -2.27. The molecule has 0 aliphatic heterocycles. The first-order valence-electron chi connectivity index (χ1n) is 7.40. The van der Waals surface area contributed by atoms with Gasteiger partial charge in [-0.25, -0.2) is 0 Å². The van der Waals surface area contributed by atoms with E-state index >= 15 is 0 Å². The molecule has 1 heterocycles. The molecule has 2 aliphatic carbocycles. The Hall–Kier alpha value is -0.640. The van der Waals surface area contributed by atoms with E-state index in [1.165, 1.54) is 35.0 Å². The number of nitrogens with one attached hydrogen (secondary N) is 1. The van der Waals surface area contributed by atoms with E-state index in [2.05, 4.69) is 57.6 Å². The van der Waals surface area contributed by atoms with Gasteiger partial charge >= 0.3 is 0 Å². The minimum absolute atomic E-state index is 0.569. The van der Waals surface area contributed by atoms with Gasteiger partial charge in [-0.15, -0.1) is 11.3 Å². The lowest BCUT2D eigenvalue weighted by atomic mass is 9.94. The fourth-order valence-electron chi connectivity index (χ4n) is 3.40. The molecular formula is C17H18BrNS. The van der Waals surface area contributed by atoms with E-state index in [0.29, 0.717) is 12.1 Å². The first-order valence-corrected chi connectivity index (χ1v) is 9.01. The van der Waals surface area contributed by atoms with Crippen LogP contribution >= 0.6 is 27.3 Å². The molecule has 1 fully saturated rings. The average Bonchev–Trinajstić information content (AvgIpc) is 3.12. The van der Waals surface area contributed by atoms with Gasteiger partial charge in [0.15, 0.2) is 0 Å². The van der Waals surface area contributed by atoms with Crippen molar-refractivity contribution >= 4 is 27.3 Å². The molecule has 0 saturated heterocycles. The van der Waals surface area contributed by atoms with Crippen LogP contribution in [0.1, 0.15) is 47.2 Å². The third-order valence-corrected chi connectivity index (χ3v) is 6.23. The second kappa shape index (κ2) is 5.28. The van der Waals surface area contributed by atoms with Crippen LogP contribution in [0.5, 0.6) is 0 Å². The Kier molecular flexibility index (Phi) is 3.45. The van der Waals surface area contributed by atoms with Gasteiger partial charge in [0, 0.05) is 22.9 Å². The minimum atomic E-state index is 0.569. The molecule has 0 spiro atoms. The molecule has 2 aliphatic rings. The summed E-state index contributed by atoms with van der Waals surface area (Å²) in [6.45, 7) is 0. The largest absolute Gasteiger partial charge is 0.306 e. The molecule has 1 aromatic heterocycles. The summed E-state index contributed by atoms with van der Waals surface area (Å²) in [5.74, 6) is 0.726. The highest BCUT2D eigenvalue weighted by Gasteiger charge is 2.40. The fourth-order valence-corrected chi connectivity index (χ4v) is 5.22. The number of fused-ring (bicyclic) bond motifs is 1. The van der Waals surface area contributed by atoms with Crippen molar-refractivity contribution in [1.82, 2.24) is 5.32 Å². The predicted octanol–water partition coefficient (Wildman–Crippen LogP) is 5.03. The van der Waals surface area contributed by atoms with E-state index in [1.54, 1.807) is 10.4 Å². The molecule has 1 N–H and O–H groups in total. The van der Waals surface area contributed by atoms with Crippen LogP contribution in [-0.2, 0) is 6.42 Å². The second-order valence-corrected chi connectivity index (χ2v) is 8.42. The van der Waals surface area contributed by atoms with E-state index in [0.717, 1.165) is 5.92 Å². The highest BCUT2D eigenvalue weighted by molar-refractivity contribution is 9.11. The summed E-state index contributed by atoms with van der Waals surface area (Å²) in [7, 11) is 0. The van der Waals surface area contributed by atoms with Crippen LogP contribution in [0.2, 0.25) is 0 Å². The van der Waals surface area contributed by atoms with Gasteiger partial charge in [-0.3, -0.25) is 0 Å². The Labute approximate surface area is 132 Å². The molecule has 3 atom stereocenters. The van der Waals surface area contributed by atoms with Crippen LogP contribution in [0.15, 0.2) is 40.2 Å². The monoisotopic (exact) mass is 347 g/mol. The van der Waals surface area contributed by atoms with Crippen LogP contribution < -0.4 is 5.32 Å². The highest BCUT2D eigenvalue weighted by atomic mass is 79.9. The molecule has 0 radical (unpaired) electrons. The van der Waals surface area contributed by atoms with Crippen LogP contribution in [0.25, 0.3) is 0 Å². The van der Waals surface area contributed by atoms with Gasteiger partial charge in [0.2, 0.25) is 0 Å². The number of thiophene rings is 1. The van der Waals surface area contributed by atoms with Gasteiger partial charge < -0.3 is 5.32 Å². The predicted molar refractivity (Wildman–Crippen MR) is 88.4 cm³/mol. The zero-order chi connectivity index (χ0) is 13.5. The molecule has 1 aromatic carbocycles. The SMILES string of the molecule is Brc1cc2c(s1)CCCC2NC1CC1c1ccccc1. The Morgan fingerprint density at radius 3 is 2.90 bits per heavy atom. The molecule has 4 rings (SSSR count). The fraction of sp³-hybridized carbons (Fsp3) is 0.412. The summed E-state index contributed by atoms with van der Waals surface area (Å²) >= 11 is 5.56. The Balaban J connectivity index is 1.47. The van der Waals surface area contributed by atoms with E-state index in [1.807, 2.05) is 11.3 Å². The van der Waals surface area contributed by atoms with E-state index < -0.39 is 0 Å². The summed E-state index contributed by atoms with van der Waals surface area (Å²) in [5, 5.41) is 3.90. The highest BCUT2D eigenvalue weighted by Crippen LogP contribution is 2.44. The van der Waals surface area contributed by atoms with Crippen molar-refractivity contribution < 1.29 is 0 Å². The summed E-state index contributed by atoms with van der Waals surface area (Å²) < 4.78 is 1.28. The number of halogens is 1. The second-order valence-electron chi connectivity index (χ2n) is 5.90. The van der Waals surface area contributed by atoms with Gasteiger partial charge in [0.05, 0.1) is 3.79 Å². The molecule has 0 amide bonds. The maximum atomic E-state index is 3.90. The standard InChI is InChI=1S/C17H18BrNS/c18-17-10-13-14(7-4-8-16(13)20-17)19-15-9-12(15)11-5-2-1-3-6-11/h1-3,5-6,10,12,14-15,19H,4,7-9H2. The maximum absolute atomic E-state index is 3.90. The topological polar surface area (TPSA) is 12.0 Å². The lowest BCUT2D eigenvalue weighted by Gasteiger charge is -2.24. The van der Waals surface area contributed by atoms with Crippen molar-refractivity contribution in [3.8, 4) is 0 Å². The smallest absolute Gasteiger partial charge is 0.0704 e. The molecule has 3 heteroatoms. The van der Waals surface area contributed by atoms with Gasteiger partial charge in [-0.05, 0) is 58.8 Å². The Morgan fingerprint density at radius 2 is 2.05 bits per heavy atom. The number of rotatable bonds is 3. The minimum Gasteiger partial charge on any atom is -0.306 e. The summed E-state index contributed by atoms with van der Waals surface area (Å²) in [6.07, 6.45) is 5.16. The summed E-state index contributed by atoms with van der Waals surface area (Å²) in [4.78, 5) is 1.58. The number of aryl methyl sites for hydroxylation is 1. The average molecular weight is 348 g/mol. The quantitative estimate of drug-likeness (QED) is 0.820. The third-order valence-electron chi connectivity index (χ3n) is 4.52. The number of hydrogen-bond acceptors (Lipinski definition) is 2. The van der Waals surface area contributed by atoms with Crippen LogP contribution in [0.3, 0.4) is 0 Å². The van der Waals surface area contributed by atoms with Crippen molar-refractivity contribution in [2.24, 2.45) is 0 Å². The van der Waals surface area contributed by atoms with Crippen molar-refractivity contribution in [1.29, 1.82) is 0 Å². The molecule has 0 bridgehead atoms. The van der Waals surface area contributed by atoms with E-state index in [-0.39, 0.29) is 0 Å². The molecule has 3 unspecified atom stereocenters. The number of benzene rings is 1. The first-order chi connectivity index (χ1) is 9.81. The third kappa shape index (κ3) is 2.47. The molecule has 1 nitrogen and oxygen atoms in total. The van der Waals surface area contributed by atoms with Crippen molar-refractivity contribution in [3.05, 3.63) is 56.2 Å². The first kappa shape index (κ1) is 13.1. The molecule has 20 heavy (non-hydrogen) atoms. The molecular weight excluding hydrogens is 330 g/mol. The normalized spacial score (nSPS) is 28.1. The molecule has 104 valence electrons. The lowest BCUT2D eigenvalue weighted by molar-refractivity contribution is 0.457. The van der Waals surface area contributed by atoms with Gasteiger partial charge in [-0.2, -0.15) is 0 Å². The molecule has 2 aromatic rings. The Morgan fingerprint density at radius 1 is 1.20 bits per heavy atom. The van der Waals surface area contributed by atoms with Crippen molar-refractivity contribution in [2.75, 3.05) is 0 Å². The zero-order valence-electron chi connectivity index (χ0n) is 11.3. The van der Waals surface area contributed by atoms with Gasteiger partial charge in [0.25, 0.3) is 0 Å². The van der Waals surface area contributed by atoms with Crippen molar-refractivity contribution in [2.45, 2.75) is 43.7 Å². The van der Waals surface area contributed by atoms with Gasteiger partial charge in [0.1, 0.15) is 0 Å². The Bertz CT molecular complexity index is 607. The van der Waals surface area contributed by atoms with Crippen molar-refractivity contribution in [3.63, 3.8) is 0 Å². The summed E-state index contributed by atoms with van der Waals surface area (Å²) in [6, 6.07) is 14.5. The zero-order valence-corrected chi connectivity index (χ0v) is 13.7. The van der Waals surface area contributed by atoms with Gasteiger partial charge in [-0.1, -0.05) is 30.3 Å². The van der Waals surface area contributed by atoms with E-state index in [4.69, 9.17) is 0 Å². The van der Waals surface area contributed by atoms with E-state index in [9.17, 15) is 0 Å².